The van der Waals surface area contributed by atoms with E-state index in [2.05, 4.69) is 41.0 Å². The largest absolute Gasteiger partial charge is 0.494 e. The number of hydrogen-bond donors (Lipinski definition) is 1. The van der Waals surface area contributed by atoms with E-state index in [9.17, 15) is 9.50 Å². The molecule has 146 valence electrons. The fraction of sp³-hybridized carbons (Fsp3) is 0.455. The summed E-state index contributed by atoms with van der Waals surface area (Å²) >= 11 is 0. The van der Waals surface area contributed by atoms with Gasteiger partial charge in [0.25, 0.3) is 0 Å². The Labute approximate surface area is 161 Å². The van der Waals surface area contributed by atoms with Crippen molar-refractivity contribution in [2.75, 3.05) is 33.4 Å². The van der Waals surface area contributed by atoms with Gasteiger partial charge in [0.2, 0.25) is 0 Å². The number of methoxy groups -OCH3 is 1. The fourth-order valence-corrected chi connectivity index (χ4v) is 3.72. The molecule has 1 atom stereocenters. The van der Waals surface area contributed by atoms with Gasteiger partial charge in [-0.2, -0.15) is 0 Å². The van der Waals surface area contributed by atoms with Gasteiger partial charge in [-0.05, 0) is 36.6 Å². The van der Waals surface area contributed by atoms with Crippen molar-refractivity contribution >= 4 is 0 Å². The van der Waals surface area contributed by atoms with E-state index in [1.807, 2.05) is 6.07 Å². The molecule has 5 heteroatoms. The van der Waals surface area contributed by atoms with E-state index in [0.717, 1.165) is 44.7 Å². The molecule has 4 nitrogen and oxygen atoms in total. The SMILES string of the molecule is COc1cc(CN2CCN(Cc3ccc(C)cc3)C(CCO)C2)ccc1F. The highest BCUT2D eigenvalue weighted by Crippen LogP contribution is 2.22. The number of aliphatic hydroxyl groups is 1. The van der Waals surface area contributed by atoms with Gasteiger partial charge in [-0.3, -0.25) is 9.80 Å². The number of rotatable bonds is 7. The highest BCUT2D eigenvalue weighted by atomic mass is 19.1. The minimum atomic E-state index is -0.331. The normalized spacial score (nSPS) is 18.6. The number of benzene rings is 2. The first-order valence-electron chi connectivity index (χ1n) is 9.54. The van der Waals surface area contributed by atoms with Crippen molar-refractivity contribution in [1.29, 1.82) is 0 Å². The lowest BCUT2D eigenvalue weighted by Gasteiger charge is -2.41. The molecule has 1 N–H and O–H groups in total. The molecule has 1 fully saturated rings. The lowest BCUT2D eigenvalue weighted by molar-refractivity contribution is 0.0499. The molecule has 27 heavy (non-hydrogen) atoms. The minimum Gasteiger partial charge on any atom is -0.494 e. The van der Waals surface area contributed by atoms with Gasteiger partial charge in [-0.25, -0.2) is 4.39 Å². The van der Waals surface area contributed by atoms with Crippen molar-refractivity contribution in [3.8, 4) is 5.75 Å². The first kappa shape index (κ1) is 19.8. The van der Waals surface area contributed by atoms with Crippen LogP contribution in [-0.4, -0.2) is 54.3 Å². The van der Waals surface area contributed by atoms with E-state index >= 15 is 0 Å². The number of ether oxygens (including phenoxy) is 1. The van der Waals surface area contributed by atoms with Crippen LogP contribution in [0.2, 0.25) is 0 Å². The summed E-state index contributed by atoms with van der Waals surface area (Å²) < 4.78 is 18.7. The maximum Gasteiger partial charge on any atom is 0.165 e. The Hall–Kier alpha value is -1.95. The topological polar surface area (TPSA) is 35.9 Å². The van der Waals surface area contributed by atoms with E-state index in [1.54, 1.807) is 6.07 Å². The van der Waals surface area contributed by atoms with Gasteiger partial charge >= 0.3 is 0 Å². The molecule has 0 aliphatic carbocycles. The summed E-state index contributed by atoms with van der Waals surface area (Å²) in [6.45, 7) is 6.76. The van der Waals surface area contributed by atoms with Crippen LogP contribution in [0.15, 0.2) is 42.5 Å². The summed E-state index contributed by atoms with van der Waals surface area (Å²) in [6.07, 6.45) is 0.759. The Morgan fingerprint density at radius 1 is 1.07 bits per heavy atom. The molecule has 0 radical (unpaired) electrons. The van der Waals surface area contributed by atoms with Crippen LogP contribution in [0.5, 0.6) is 5.75 Å². The van der Waals surface area contributed by atoms with Crippen molar-refractivity contribution < 1.29 is 14.2 Å². The summed E-state index contributed by atoms with van der Waals surface area (Å²) in [5.41, 5.74) is 3.62. The van der Waals surface area contributed by atoms with Gasteiger partial charge in [0.15, 0.2) is 11.6 Å². The smallest absolute Gasteiger partial charge is 0.165 e. The lowest BCUT2D eigenvalue weighted by Crippen LogP contribution is -2.52. The summed E-state index contributed by atoms with van der Waals surface area (Å²) in [4.78, 5) is 4.83. The molecule has 0 saturated carbocycles. The number of aliphatic hydroxyl groups excluding tert-OH is 1. The van der Waals surface area contributed by atoms with Crippen LogP contribution in [0, 0.1) is 12.7 Å². The molecule has 1 saturated heterocycles. The number of aryl methyl sites for hydroxylation is 1. The highest BCUT2D eigenvalue weighted by Gasteiger charge is 2.26. The zero-order valence-electron chi connectivity index (χ0n) is 16.2. The zero-order valence-corrected chi connectivity index (χ0v) is 16.2. The predicted molar refractivity (Wildman–Crippen MR) is 105 cm³/mol. The molecule has 2 aromatic carbocycles. The molecule has 1 heterocycles. The van der Waals surface area contributed by atoms with Crippen molar-refractivity contribution in [2.24, 2.45) is 0 Å². The van der Waals surface area contributed by atoms with Gasteiger partial charge in [-0.15, -0.1) is 0 Å². The van der Waals surface area contributed by atoms with Crippen molar-refractivity contribution in [2.45, 2.75) is 32.5 Å². The van der Waals surface area contributed by atoms with E-state index in [0.29, 0.717) is 6.04 Å². The average Bonchev–Trinajstić information content (AvgIpc) is 2.67. The van der Waals surface area contributed by atoms with Crippen LogP contribution in [0.3, 0.4) is 0 Å². The number of nitrogens with zero attached hydrogens (tertiary/aromatic N) is 2. The van der Waals surface area contributed by atoms with Gasteiger partial charge in [0, 0.05) is 45.4 Å². The van der Waals surface area contributed by atoms with E-state index in [4.69, 9.17) is 4.74 Å². The molecule has 1 aliphatic heterocycles. The van der Waals surface area contributed by atoms with Crippen LogP contribution in [0.25, 0.3) is 0 Å². The molecular formula is C22H29FN2O2. The Morgan fingerprint density at radius 2 is 1.81 bits per heavy atom. The van der Waals surface area contributed by atoms with Gasteiger partial charge in [0.05, 0.1) is 7.11 Å². The second kappa shape index (κ2) is 9.31. The van der Waals surface area contributed by atoms with Crippen molar-refractivity contribution in [1.82, 2.24) is 9.80 Å². The second-order valence-electron chi connectivity index (χ2n) is 7.33. The first-order chi connectivity index (χ1) is 13.1. The summed E-state index contributed by atoms with van der Waals surface area (Å²) in [7, 11) is 1.49. The van der Waals surface area contributed by atoms with E-state index < -0.39 is 0 Å². The van der Waals surface area contributed by atoms with Crippen LogP contribution in [0.4, 0.5) is 4.39 Å². The number of halogens is 1. The molecule has 0 spiro atoms. The molecule has 3 rings (SSSR count). The van der Waals surface area contributed by atoms with Crippen LogP contribution in [-0.2, 0) is 13.1 Å². The predicted octanol–water partition coefficient (Wildman–Crippen LogP) is 3.21. The lowest BCUT2D eigenvalue weighted by atomic mass is 10.1. The second-order valence-corrected chi connectivity index (χ2v) is 7.33. The van der Waals surface area contributed by atoms with Gasteiger partial charge in [0.1, 0.15) is 0 Å². The molecule has 2 aromatic rings. The summed E-state index contributed by atoms with van der Waals surface area (Å²) in [6, 6.07) is 14.0. The van der Waals surface area contributed by atoms with Crippen LogP contribution < -0.4 is 4.74 Å². The van der Waals surface area contributed by atoms with Gasteiger partial charge < -0.3 is 9.84 Å². The number of hydrogen-bond acceptors (Lipinski definition) is 4. The summed E-state index contributed by atoms with van der Waals surface area (Å²) in [5, 5.41) is 9.51. The molecule has 1 aliphatic rings. The van der Waals surface area contributed by atoms with Gasteiger partial charge in [-0.1, -0.05) is 35.9 Å². The van der Waals surface area contributed by atoms with Crippen LogP contribution in [0.1, 0.15) is 23.1 Å². The molecule has 0 amide bonds. The molecule has 0 bridgehead atoms. The standard InChI is InChI=1S/C22H29FN2O2/c1-17-3-5-18(6-4-17)15-25-11-10-24(16-20(25)9-12-26)14-19-7-8-21(23)22(13-19)27-2/h3-8,13,20,26H,9-12,14-16H2,1-2H3. The Bertz CT molecular complexity index is 736. The maximum atomic E-state index is 13.6. The number of piperazine rings is 1. The molecule has 0 aromatic heterocycles. The third-order valence-electron chi connectivity index (χ3n) is 5.28. The monoisotopic (exact) mass is 372 g/mol. The fourth-order valence-electron chi connectivity index (χ4n) is 3.72. The van der Waals surface area contributed by atoms with Crippen molar-refractivity contribution in [3.05, 3.63) is 65.0 Å². The molecular weight excluding hydrogens is 343 g/mol. The van der Waals surface area contributed by atoms with E-state index in [-0.39, 0.29) is 18.2 Å². The maximum absolute atomic E-state index is 13.6. The summed E-state index contributed by atoms with van der Waals surface area (Å²) in [5.74, 6) is -0.0419. The highest BCUT2D eigenvalue weighted by molar-refractivity contribution is 5.30. The quantitative estimate of drug-likeness (QED) is 0.810. The zero-order chi connectivity index (χ0) is 19.2. The third-order valence-corrected chi connectivity index (χ3v) is 5.28. The van der Waals surface area contributed by atoms with Crippen molar-refractivity contribution in [3.63, 3.8) is 0 Å². The Kier molecular flexibility index (Phi) is 6.83. The molecule has 1 unspecified atom stereocenters. The Morgan fingerprint density at radius 3 is 2.52 bits per heavy atom. The first-order valence-corrected chi connectivity index (χ1v) is 9.54. The Balaban J connectivity index is 1.63. The van der Waals surface area contributed by atoms with Crippen LogP contribution >= 0.6 is 0 Å². The minimum absolute atomic E-state index is 0.188. The van der Waals surface area contributed by atoms with E-state index in [1.165, 1.54) is 24.3 Å². The third kappa shape index (κ3) is 5.28. The average molecular weight is 372 g/mol.